The first-order valence-electron chi connectivity index (χ1n) is 3.96. The van der Waals surface area contributed by atoms with Crippen LogP contribution in [-0.4, -0.2) is 5.71 Å². The van der Waals surface area contributed by atoms with E-state index in [1.165, 1.54) is 11.3 Å². The summed E-state index contributed by atoms with van der Waals surface area (Å²) in [6.07, 6.45) is 1.74. The van der Waals surface area contributed by atoms with Gasteiger partial charge in [-0.3, -0.25) is 0 Å². The predicted octanol–water partition coefficient (Wildman–Crippen LogP) is 3.55. The van der Waals surface area contributed by atoms with Gasteiger partial charge in [0, 0.05) is 10.2 Å². The molecule has 2 nitrogen and oxygen atoms in total. The van der Waals surface area contributed by atoms with Crippen molar-refractivity contribution in [1.29, 1.82) is 10.7 Å². The van der Waals surface area contributed by atoms with E-state index in [9.17, 15) is 0 Å². The summed E-state index contributed by atoms with van der Waals surface area (Å²) in [7, 11) is 0. The van der Waals surface area contributed by atoms with Crippen molar-refractivity contribution in [2.75, 3.05) is 0 Å². The Bertz CT molecular complexity index is 362. The number of halogens is 1. The van der Waals surface area contributed by atoms with Crippen LogP contribution in [0.3, 0.4) is 0 Å². The lowest BCUT2D eigenvalue weighted by molar-refractivity contribution is 0.988. The van der Waals surface area contributed by atoms with Crippen molar-refractivity contribution in [1.82, 2.24) is 0 Å². The number of nitrogens with one attached hydrogen (secondary N) is 1. The molecule has 0 saturated carbocycles. The Balaban J connectivity index is 2.92. The molecular weight excluding hydrogens is 248 g/mol. The van der Waals surface area contributed by atoms with Crippen LogP contribution in [0.25, 0.3) is 0 Å². The molecule has 0 radical (unpaired) electrons. The molecule has 0 aliphatic carbocycles. The zero-order chi connectivity index (χ0) is 9.84. The van der Waals surface area contributed by atoms with Gasteiger partial charge < -0.3 is 5.41 Å². The minimum Gasteiger partial charge on any atom is -0.304 e. The molecule has 0 atom stereocenters. The highest BCUT2D eigenvalue weighted by molar-refractivity contribution is 9.10. The van der Waals surface area contributed by atoms with Crippen LogP contribution < -0.4 is 0 Å². The Labute approximate surface area is 89.8 Å². The van der Waals surface area contributed by atoms with Crippen molar-refractivity contribution in [3.63, 3.8) is 0 Å². The SMILES string of the molecule is CCCC(=N)c1cc(Br)c(C#N)s1. The number of rotatable bonds is 3. The van der Waals surface area contributed by atoms with Gasteiger partial charge in [-0.05, 0) is 28.4 Å². The average Bonchev–Trinajstić information content (AvgIpc) is 2.47. The van der Waals surface area contributed by atoms with E-state index in [0.29, 0.717) is 10.6 Å². The number of thiophene rings is 1. The Morgan fingerprint density at radius 3 is 2.92 bits per heavy atom. The van der Waals surface area contributed by atoms with Crippen molar-refractivity contribution < 1.29 is 0 Å². The van der Waals surface area contributed by atoms with Gasteiger partial charge in [0.15, 0.2) is 0 Å². The van der Waals surface area contributed by atoms with E-state index in [4.69, 9.17) is 10.7 Å². The summed E-state index contributed by atoms with van der Waals surface area (Å²) in [5.74, 6) is 0. The van der Waals surface area contributed by atoms with Crippen molar-refractivity contribution >= 4 is 33.0 Å². The quantitative estimate of drug-likeness (QED) is 0.827. The highest BCUT2D eigenvalue weighted by Gasteiger charge is 2.09. The second-order valence-corrected chi connectivity index (χ2v) is 4.53. The van der Waals surface area contributed by atoms with Crippen molar-refractivity contribution in [3.05, 3.63) is 20.3 Å². The molecule has 0 unspecified atom stereocenters. The molecule has 13 heavy (non-hydrogen) atoms. The van der Waals surface area contributed by atoms with Crippen LogP contribution in [0.15, 0.2) is 10.5 Å². The molecule has 4 heteroatoms. The van der Waals surface area contributed by atoms with E-state index < -0.39 is 0 Å². The van der Waals surface area contributed by atoms with E-state index in [0.717, 1.165) is 22.2 Å². The fraction of sp³-hybridized carbons (Fsp3) is 0.333. The fourth-order valence-electron chi connectivity index (χ4n) is 0.967. The topological polar surface area (TPSA) is 47.6 Å². The van der Waals surface area contributed by atoms with Crippen molar-refractivity contribution in [2.45, 2.75) is 19.8 Å². The van der Waals surface area contributed by atoms with Crippen molar-refractivity contribution in [3.8, 4) is 6.07 Å². The molecule has 1 heterocycles. The third-order valence-electron chi connectivity index (χ3n) is 1.59. The Hall–Kier alpha value is -0.660. The first-order chi connectivity index (χ1) is 6.19. The lowest BCUT2D eigenvalue weighted by Gasteiger charge is -1.95. The third-order valence-corrected chi connectivity index (χ3v) is 3.57. The van der Waals surface area contributed by atoms with Crippen LogP contribution in [0.5, 0.6) is 0 Å². The summed E-state index contributed by atoms with van der Waals surface area (Å²) in [4.78, 5) is 1.54. The summed E-state index contributed by atoms with van der Waals surface area (Å²) in [6, 6.07) is 3.94. The van der Waals surface area contributed by atoms with Crippen molar-refractivity contribution in [2.24, 2.45) is 0 Å². The van der Waals surface area contributed by atoms with Crippen LogP contribution in [0.2, 0.25) is 0 Å². The fourth-order valence-corrected chi connectivity index (χ4v) is 2.50. The molecule has 0 spiro atoms. The normalized spacial score (nSPS) is 9.62. The Kier molecular flexibility index (Phi) is 3.64. The van der Waals surface area contributed by atoms with Gasteiger partial charge in [-0.15, -0.1) is 11.3 Å². The summed E-state index contributed by atoms with van der Waals surface area (Å²) in [5.41, 5.74) is 0.620. The van der Waals surface area contributed by atoms with Crippen LogP contribution in [0.1, 0.15) is 29.5 Å². The maximum Gasteiger partial charge on any atom is 0.119 e. The molecule has 0 aliphatic rings. The highest BCUT2D eigenvalue weighted by Crippen LogP contribution is 2.27. The molecule has 0 saturated heterocycles. The van der Waals surface area contributed by atoms with Gasteiger partial charge in [-0.25, -0.2) is 0 Å². The summed E-state index contributed by atoms with van der Waals surface area (Å²) in [5, 5.41) is 16.4. The minimum atomic E-state index is 0.620. The highest BCUT2D eigenvalue weighted by atomic mass is 79.9. The zero-order valence-electron chi connectivity index (χ0n) is 7.22. The van der Waals surface area contributed by atoms with Crippen LogP contribution in [0, 0.1) is 16.7 Å². The van der Waals surface area contributed by atoms with E-state index in [2.05, 4.69) is 22.0 Å². The number of hydrogen-bond donors (Lipinski definition) is 1. The summed E-state index contributed by atoms with van der Waals surface area (Å²) in [6.45, 7) is 2.04. The van der Waals surface area contributed by atoms with Gasteiger partial charge >= 0.3 is 0 Å². The maximum absolute atomic E-state index is 8.70. The Morgan fingerprint density at radius 2 is 2.46 bits per heavy atom. The van der Waals surface area contributed by atoms with Gasteiger partial charge in [0.25, 0.3) is 0 Å². The summed E-state index contributed by atoms with van der Waals surface area (Å²) < 4.78 is 0.802. The van der Waals surface area contributed by atoms with Gasteiger partial charge in [0.1, 0.15) is 10.9 Å². The second-order valence-electron chi connectivity index (χ2n) is 2.63. The summed E-state index contributed by atoms with van der Waals surface area (Å²) >= 11 is 4.66. The van der Waals surface area contributed by atoms with Gasteiger partial charge in [0.05, 0.1) is 4.88 Å². The smallest absolute Gasteiger partial charge is 0.119 e. The standard InChI is InChI=1S/C9H9BrN2S/c1-2-3-7(12)8-4-6(10)9(5-11)13-8/h4,12H,2-3H2,1H3. The maximum atomic E-state index is 8.70. The molecule has 0 bridgehead atoms. The van der Waals surface area contributed by atoms with Crippen LogP contribution in [0.4, 0.5) is 0 Å². The van der Waals surface area contributed by atoms with Crippen LogP contribution >= 0.6 is 27.3 Å². The first-order valence-corrected chi connectivity index (χ1v) is 5.57. The van der Waals surface area contributed by atoms with E-state index in [1.54, 1.807) is 0 Å². The Morgan fingerprint density at radius 1 is 1.77 bits per heavy atom. The zero-order valence-corrected chi connectivity index (χ0v) is 9.63. The molecule has 68 valence electrons. The molecule has 1 aromatic rings. The number of nitrogens with zero attached hydrogens (tertiary/aromatic N) is 1. The molecule has 1 N–H and O–H groups in total. The lowest BCUT2D eigenvalue weighted by atomic mass is 10.2. The van der Waals surface area contributed by atoms with Gasteiger partial charge in [0.2, 0.25) is 0 Å². The lowest BCUT2D eigenvalue weighted by Crippen LogP contribution is -1.93. The predicted molar refractivity (Wildman–Crippen MR) is 58.5 cm³/mol. The van der Waals surface area contributed by atoms with E-state index in [-0.39, 0.29) is 0 Å². The minimum absolute atomic E-state index is 0.620. The third kappa shape index (κ3) is 2.39. The molecular formula is C9H9BrN2S. The average molecular weight is 257 g/mol. The number of nitriles is 1. The first kappa shape index (κ1) is 10.4. The van der Waals surface area contributed by atoms with E-state index in [1.807, 2.05) is 13.0 Å². The molecule has 0 fully saturated rings. The monoisotopic (exact) mass is 256 g/mol. The molecule has 1 aromatic heterocycles. The second kappa shape index (κ2) is 4.54. The largest absolute Gasteiger partial charge is 0.304 e. The van der Waals surface area contributed by atoms with Gasteiger partial charge in [-0.1, -0.05) is 13.3 Å². The van der Waals surface area contributed by atoms with E-state index >= 15 is 0 Å². The number of hydrogen-bond acceptors (Lipinski definition) is 3. The van der Waals surface area contributed by atoms with Gasteiger partial charge in [-0.2, -0.15) is 5.26 Å². The molecule has 0 aliphatic heterocycles. The molecule has 0 aromatic carbocycles. The van der Waals surface area contributed by atoms with Crippen LogP contribution in [-0.2, 0) is 0 Å². The molecule has 1 rings (SSSR count). The molecule has 0 amide bonds.